The van der Waals surface area contributed by atoms with E-state index in [9.17, 15) is 18.4 Å². The number of fused-ring (bicyclic) bond motifs is 6. The van der Waals surface area contributed by atoms with Crippen molar-refractivity contribution in [1.82, 2.24) is 19.6 Å². The van der Waals surface area contributed by atoms with Gasteiger partial charge in [0.2, 0.25) is 5.69 Å². The smallest absolute Gasteiger partial charge is 0.420 e. The van der Waals surface area contributed by atoms with Crippen molar-refractivity contribution < 1.29 is 22.0 Å². The van der Waals surface area contributed by atoms with E-state index in [4.69, 9.17) is 25.6 Å². The van der Waals surface area contributed by atoms with Crippen molar-refractivity contribution in [3.8, 4) is 17.4 Å². The fraction of sp³-hybridized carbons (Fsp3) is 0.135. The molecule has 11 heteroatoms. The Labute approximate surface area is 270 Å². The third-order valence-electron chi connectivity index (χ3n) is 8.84. The number of nitrogens with zero attached hydrogens (tertiary/aromatic N) is 6. The Bertz CT molecular complexity index is 2690. The van der Waals surface area contributed by atoms with Gasteiger partial charge in [0.25, 0.3) is 0 Å². The molecule has 0 atom stereocenters. The average molecular weight is 641 g/mol. The highest BCUT2D eigenvalue weighted by Crippen LogP contribution is 2.42. The SMILES string of the molecule is [C-]#[N+]c1cn(-c2cccc3c2oc2c(C)cccc23)nc1C(C)(C)c1nn(-c2cccc3c2oc2c(C(F)(F)F)cccc23)cc1C#N. The van der Waals surface area contributed by atoms with Gasteiger partial charge in [-0.3, -0.25) is 0 Å². The molecule has 0 amide bonds. The van der Waals surface area contributed by atoms with Gasteiger partial charge in [0.1, 0.15) is 28.6 Å². The summed E-state index contributed by atoms with van der Waals surface area (Å²) in [6.45, 7) is 13.6. The summed E-state index contributed by atoms with van der Waals surface area (Å²) in [6.07, 6.45) is -1.46. The molecule has 0 saturated carbocycles. The molecule has 0 aliphatic heterocycles. The lowest BCUT2D eigenvalue weighted by atomic mass is 9.83. The Balaban J connectivity index is 1.27. The van der Waals surface area contributed by atoms with Crippen molar-refractivity contribution in [3.63, 3.8) is 0 Å². The Hall–Kier alpha value is -6.33. The number of para-hydroxylation sites is 4. The molecule has 0 fully saturated rings. The van der Waals surface area contributed by atoms with Crippen LogP contribution in [0.1, 0.15) is 41.9 Å². The first-order chi connectivity index (χ1) is 23.0. The molecule has 4 aromatic heterocycles. The highest BCUT2D eigenvalue weighted by molar-refractivity contribution is 6.09. The fourth-order valence-electron chi connectivity index (χ4n) is 6.50. The topological polar surface area (TPSA) is 90.1 Å². The number of aromatic nitrogens is 4. The quantitative estimate of drug-likeness (QED) is 0.179. The molecular weight excluding hydrogens is 617 g/mol. The van der Waals surface area contributed by atoms with Crippen molar-refractivity contribution in [3.05, 3.63) is 125 Å². The van der Waals surface area contributed by atoms with Gasteiger partial charge < -0.3 is 8.83 Å². The minimum Gasteiger partial charge on any atom is -0.454 e. The van der Waals surface area contributed by atoms with Crippen LogP contribution in [0.25, 0.3) is 60.1 Å². The molecule has 0 aliphatic carbocycles. The fourth-order valence-corrected chi connectivity index (χ4v) is 6.50. The van der Waals surface area contributed by atoms with E-state index in [1.165, 1.54) is 16.9 Å². The van der Waals surface area contributed by atoms with E-state index >= 15 is 0 Å². The second-order valence-electron chi connectivity index (χ2n) is 12.1. The summed E-state index contributed by atoms with van der Waals surface area (Å²) in [5.74, 6) is 0. The van der Waals surface area contributed by atoms with Crippen molar-refractivity contribution >= 4 is 49.6 Å². The van der Waals surface area contributed by atoms with Gasteiger partial charge in [-0.2, -0.15) is 28.6 Å². The molecule has 8 nitrogen and oxygen atoms in total. The number of hydrogen-bond acceptors (Lipinski definition) is 5. The number of alkyl halides is 3. The van der Waals surface area contributed by atoms with Gasteiger partial charge in [-0.05, 0) is 44.5 Å². The van der Waals surface area contributed by atoms with Crippen molar-refractivity contribution in [2.24, 2.45) is 0 Å². The maximum Gasteiger partial charge on any atom is 0.420 e. The van der Waals surface area contributed by atoms with Gasteiger partial charge in [-0.1, -0.05) is 54.6 Å². The zero-order chi connectivity index (χ0) is 33.5. The number of benzene rings is 4. The van der Waals surface area contributed by atoms with E-state index in [2.05, 4.69) is 10.9 Å². The largest absolute Gasteiger partial charge is 0.454 e. The molecule has 4 heterocycles. The number of nitriles is 1. The maximum atomic E-state index is 13.8. The van der Waals surface area contributed by atoms with Crippen LogP contribution in [0.5, 0.6) is 0 Å². The highest BCUT2D eigenvalue weighted by Gasteiger charge is 2.37. The minimum absolute atomic E-state index is 0.195. The van der Waals surface area contributed by atoms with Gasteiger partial charge in [0, 0.05) is 39.4 Å². The normalized spacial score (nSPS) is 12.3. The Morgan fingerprint density at radius 3 is 1.85 bits per heavy atom. The van der Waals surface area contributed by atoms with E-state index in [0.717, 1.165) is 28.0 Å². The summed E-state index contributed by atoms with van der Waals surface area (Å²) in [7, 11) is 0. The molecule has 0 radical (unpaired) electrons. The Morgan fingerprint density at radius 2 is 1.25 bits per heavy atom. The zero-order valence-electron chi connectivity index (χ0n) is 25.7. The van der Waals surface area contributed by atoms with E-state index in [1.807, 2.05) is 57.2 Å². The molecular formula is C37H23F3N6O2. The van der Waals surface area contributed by atoms with Crippen LogP contribution < -0.4 is 0 Å². The molecule has 8 aromatic rings. The second-order valence-corrected chi connectivity index (χ2v) is 12.1. The zero-order valence-corrected chi connectivity index (χ0v) is 25.7. The predicted molar refractivity (Wildman–Crippen MR) is 175 cm³/mol. The molecule has 0 spiro atoms. The first-order valence-electron chi connectivity index (χ1n) is 14.9. The molecule has 0 N–H and O–H groups in total. The Morgan fingerprint density at radius 1 is 0.729 bits per heavy atom. The van der Waals surface area contributed by atoms with E-state index in [0.29, 0.717) is 39.1 Å². The summed E-state index contributed by atoms with van der Waals surface area (Å²) in [4.78, 5) is 3.77. The van der Waals surface area contributed by atoms with Crippen LogP contribution in [-0.4, -0.2) is 19.6 Å². The third-order valence-corrected chi connectivity index (χ3v) is 8.84. The van der Waals surface area contributed by atoms with Crippen LogP contribution in [0.4, 0.5) is 18.9 Å². The second kappa shape index (κ2) is 10.1. The monoisotopic (exact) mass is 640 g/mol. The average Bonchev–Trinajstić information content (AvgIpc) is 3.86. The molecule has 234 valence electrons. The van der Waals surface area contributed by atoms with Crippen LogP contribution in [0, 0.1) is 24.8 Å². The molecule has 0 unspecified atom stereocenters. The van der Waals surface area contributed by atoms with Gasteiger partial charge >= 0.3 is 6.18 Å². The van der Waals surface area contributed by atoms with E-state index in [1.54, 1.807) is 35.1 Å². The molecule has 4 aromatic carbocycles. The molecule has 0 saturated heterocycles. The number of furan rings is 2. The lowest BCUT2D eigenvalue weighted by molar-refractivity contribution is -0.136. The van der Waals surface area contributed by atoms with Gasteiger partial charge in [-0.15, -0.1) is 0 Å². The molecule has 0 aliphatic rings. The third kappa shape index (κ3) is 4.14. The number of rotatable bonds is 4. The van der Waals surface area contributed by atoms with E-state index in [-0.39, 0.29) is 22.4 Å². The van der Waals surface area contributed by atoms with Crippen molar-refractivity contribution in [2.75, 3.05) is 0 Å². The molecule has 8 rings (SSSR count). The first kappa shape index (κ1) is 29.1. The van der Waals surface area contributed by atoms with E-state index < -0.39 is 17.2 Å². The summed E-state index contributed by atoms with van der Waals surface area (Å²) >= 11 is 0. The first-order valence-corrected chi connectivity index (χ1v) is 14.9. The van der Waals surface area contributed by atoms with Crippen LogP contribution in [0.3, 0.4) is 0 Å². The van der Waals surface area contributed by atoms with Gasteiger partial charge in [-0.25, -0.2) is 14.2 Å². The highest BCUT2D eigenvalue weighted by atomic mass is 19.4. The van der Waals surface area contributed by atoms with Crippen LogP contribution in [-0.2, 0) is 11.6 Å². The number of aryl methyl sites for hydroxylation is 1. The van der Waals surface area contributed by atoms with Crippen molar-refractivity contribution in [2.45, 2.75) is 32.4 Å². The molecule has 48 heavy (non-hydrogen) atoms. The number of hydrogen-bond donors (Lipinski definition) is 0. The Kier molecular flexibility index (Phi) is 6.11. The predicted octanol–water partition coefficient (Wildman–Crippen LogP) is 9.93. The summed E-state index contributed by atoms with van der Waals surface area (Å²) in [5, 5.41) is 22.5. The minimum atomic E-state index is -4.61. The summed E-state index contributed by atoms with van der Waals surface area (Å²) in [5.41, 5.74) is 2.60. The summed E-state index contributed by atoms with van der Waals surface area (Å²) in [6, 6.07) is 22.9. The van der Waals surface area contributed by atoms with Crippen LogP contribution >= 0.6 is 0 Å². The lowest BCUT2D eigenvalue weighted by Gasteiger charge is -2.21. The maximum absolute atomic E-state index is 13.8. The van der Waals surface area contributed by atoms with Gasteiger partial charge in [0.05, 0.1) is 29.1 Å². The van der Waals surface area contributed by atoms with Crippen molar-refractivity contribution in [1.29, 1.82) is 5.26 Å². The molecule has 0 bridgehead atoms. The lowest BCUT2D eigenvalue weighted by Crippen LogP contribution is -2.22. The van der Waals surface area contributed by atoms with Crippen LogP contribution in [0.2, 0.25) is 0 Å². The van der Waals surface area contributed by atoms with Gasteiger partial charge in [0.15, 0.2) is 11.2 Å². The van der Waals surface area contributed by atoms with Crippen LogP contribution in [0.15, 0.2) is 94.0 Å². The number of halogens is 3. The standard InChI is InChI=1S/C37H23F3N6O2/c1-20-9-5-10-22-24-12-7-16-29(32(24)47-30(20)22)46-19-27(42-4)35(44-46)36(2,3)34-21(17-41)18-45(43-34)28-15-8-13-25-23-11-6-14-26(37(38,39)40)31(23)48-33(25)28/h5-16,18-19H,1-3H3. The summed E-state index contributed by atoms with van der Waals surface area (Å²) < 4.78 is 56.7.